The standard InChI is InChI=1S/C12H18N2O/c1-7(2)5-8(3)10-6-14-12(15)11(10)9(4)13/h5,10-11H,3-4,6,13H2,1-2H3,(H,14,15)/t10-,11-/m1/s1. The van der Waals surface area contributed by atoms with Gasteiger partial charge < -0.3 is 11.1 Å². The third-order valence-electron chi connectivity index (χ3n) is 2.53. The highest BCUT2D eigenvalue weighted by Gasteiger charge is 2.36. The molecular weight excluding hydrogens is 188 g/mol. The molecule has 1 fully saturated rings. The van der Waals surface area contributed by atoms with Crippen molar-refractivity contribution < 1.29 is 4.79 Å². The first-order chi connectivity index (χ1) is 6.93. The monoisotopic (exact) mass is 206 g/mol. The van der Waals surface area contributed by atoms with Crippen LogP contribution in [0.15, 0.2) is 36.1 Å². The lowest BCUT2D eigenvalue weighted by Crippen LogP contribution is -2.25. The molecule has 1 heterocycles. The molecule has 0 aliphatic carbocycles. The van der Waals surface area contributed by atoms with E-state index in [4.69, 9.17) is 5.73 Å². The van der Waals surface area contributed by atoms with Gasteiger partial charge in [-0.05, 0) is 19.4 Å². The van der Waals surface area contributed by atoms with Crippen LogP contribution in [-0.2, 0) is 4.79 Å². The number of nitrogens with one attached hydrogen (secondary N) is 1. The van der Waals surface area contributed by atoms with E-state index in [0.717, 1.165) is 5.57 Å². The van der Waals surface area contributed by atoms with E-state index >= 15 is 0 Å². The van der Waals surface area contributed by atoms with Crippen molar-refractivity contribution in [2.45, 2.75) is 13.8 Å². The van der Waals surface area contributed by atoms with Crippen LogP contribution in [0, 0.1) is 11.8 Å². The van der Waals surface area contributed by atoms with Crippen LogP contribution in [-0.4, -0.2) is 12.5 Å². The SMILES string of the molecule is C=C(N)[C@H]1C(=O)NC[C@@H]1C(=C)C=C(C)C. The minimum absolute atomic E-state index is 0.0455. The zero-order valence-corrected chi connectivity index (χ0v) is 9.34. The van der Waals surface area contributed by atoms with Gasteiger partial charge in [-0.15, -0.1) is 0 Å². The van der Waals surface area contributed by atoms with Crippen LogP contribution in [0.25, 0.3) is 0 Å². The molecule has 0 bridgehead atoms. The van der Waals surface area contributed by atoms with E-state index in [1.54, 1.807) is 0 Å². The molecule has 1 aliphatic heterocycles. The molecular formula is C12H18N2O. The Bertz CT molecular complexity index is 338. The van der Waals surface area contributed by atoms with Gasteiger partial charge >= 0.3 is 0 Å². The molecule has 3 nitrogen and oxygen atoms in total. The Kier molecular flexibility index (Phi) is 3.35. The van der Waals surface area contributed by atoms with Gasteiger partial charge in [0, 0.05) is 18.2 Å². The summed E-state index contributed by atoms with van der Waals surface area (Å²) < 4.78 is 0. The van der Waals surface area contributed by atoms with E-state index < -0.39 is 0 Å². The molecule has 1 rings (SSSR count). The zero-order valence-electron chi connectivity index (χ0n) is 9.34. The zero-order chi connectivity index (χ0) is 11.6. The Hall–Kier alpha value is -1.51. The van der Waals surface area contributed by atoms with Gasteiger partial charge in [-0.2, -0.15) is 0 Å². The van der Waals surface area contributed by atoms with Crippen molar-refractivity contribution >= 4 is 5.91 Å². The first-order valence-electron chi connectivity index (χ1n) is 4.99. The molecule has 0 saturated carbocycles. The topological polar surface area (TPSA) is 55.1 Å². The van der Waals surface area contributed by atoms with Crippen molar-refractivity contribution in [3.8, 4) is 0 Å². The number of carbonyl (C=O) groups excluding carboxylic acids is 1. The molecule has 1 amide bonds. The van der Waals surface area contributed by atoms with Crippen LogP contribution in [0.3, 0.4) is 0 Å². The molecule has 0 unspecified atom stereocenters. The smallest absolute Gasteiger partial charge is 0.229 e. The quantitative estimate of drug-likeness (QED) is 0.685. The number of rotatable bonds is 3. The Morgan fingerprint density at radius 2 is 2.13 bits per heavy atom. The van der Waals surface area contributed by atoms with Gasteiger partial charge in [0.05, 0.1) is 5.92 Å². The summed E-state index contributed by atoms with van der Waals surface area (Å²) in [6, 6.07) is 0. The van der Waals surface area contributed by atoms with Crippen LogP contribution >= 0.6 is 0 Å². The van der Waals surface area contributed by atoms with Crippen LogP contribution < -0.4 is 11.1 Å². The number of carbonyl (C=O) groups is 1. The molecule has 3 N–H and O–H groups in total. The van der Waals surface area contributed by atoms with Gasteiger partial charge in [-0.1, -0.05) is 24.8 Å². The second-order valence-corrected chi connectivity index (χ2v) is 4.20. The Morgan fingerprint density at radius 1 is 1.53 bits per heavy atom. The van der Waals surface area contributed by atoms with E-state index in [0.29, 0.717) is 12.2 Å². The van der Waals surface area contributed by atoms with Gasteiger partial charge in [-0.3, -0.25) is 4.79 Å². The average Bonchev–Trinajstić information content (AvgIpc) is 2.45. The largest absolute Gasteiger partial charge is 0.402 e. The second kappa shape index (κ2) is 4.34. The maximum atomic E-state index is 11.5. The van der Waals surface area contributed by atoms with E-state index in [1.807, 2.05) is 19.9 Å². The third-order valence-corrected chi connectivity index (χ3v) is 2.53. The van der Waals surface area contributed by atoms with Crippen LogP contribution in [0.5, 0.6) is 0 Å². The maximum Gasteiger partial charge on any atom is 0.229 e. The molecule has 2 atom stereocenters. The minimum Gasteiger partial charge on any atom is -0.402 e. The van der Waals surface area contributed by atoms with E-state index in [2.05, 4.69) is 18.5 Å². The fourth-order valence-electron chi connectivity index (χ4n) is 1.87. The second-order valence-electron chi connectivity index (χ2n) is 4.20. The van der Waals surface area contributed by atoms with Crippen LogP contribution in [0.2, 0.25) is 0 Å². The van der Waals surface area contributed by atoms with E-state index in [9.17, 15) is 4.79 Å². The number of amides is 1. The molecule has 3 heteroatoms. The average molecular weight is 206 g/mol. The van der Waals surface area contributed by atoms with Crippen molar-refractivity contribution in [3.63, 3.8) is 0 Å². The summed E-state index contributed by atoms with van der Waals surface area (Å²) in [5.41, 5.74) is 8.15. The molecule has 0 radical (unpaired) electrons. The van der Waals surface area contributed by atoms with Crippen molar-refractivity contribution in [1.29, 1.82) is 0 Å². The molecule has 0 aromatic carbocycles. The lowest BCUT2D eigenvalue weighted by molar-refractivity contribution is -0.121. The molecule has 0 aromatic rings. The maximum absolute atomic E-state index is 11.5. The molecule has 0 aromatic heterocycles. The fraction of sp³-hybridized carbons (Fsp3) is 0.417. The van der Waals surface area contributed by atoms with E-state index in [-0.39, 0.29) is 17.7 Å². The number of allylic oxidation sites excluding steroid dienone is 2. The molecule has 15 heavy (non-hydrogen) atoms. The summed E-state index contributed by atoms with van der Waals surface area (Å²) in [6.07, 6.45) is 1.99. The summed E-state index contributed by atoms with van der Waals surface area (Å²) in [4.78, 5) is 11.5. The first kappa shape index (κ1) is 11.6. The molecule has 0 spiro atoms. The van der Waals surface area contributed by atoms with Gasteiger partial charge in [0.1, 0.15) is 0 Å². The summed E-state index contributed by atoms with van der Waals surface area (Å²) in [6.45, 7) is 12.2. The normalized spacial score (nSPS) is 24.5. The van der Waals surface area contributed by atoms with Crippen LogP contribution in [0.4, 0.5) is 0 Å². The van der Waals surface area contributed by atoms with Crippen molar-refractivity contribution in [2.75, 3.05) is 6.54 Å². The fourth-order valence-corrected chi connectivity index (χ4v) is 1.87. The number of hydrogen-bond acceptors (Lipinski definition) is 2. The van der Waals surface area contributed by atoms with Crippen molar-refractivity contribution in [1.82, 2.24) is 5.32 Å². The Morgan fingerprint density at radius 3 is 2.60 bits per heavy atom. The summed E-state index contributed by atoms with van der Waals surface area (Å²) in [5.74, 6) is -0.325. The van der Waals surface area contributed by atoms with Crippen LogP contribution in [0.1, 0.15) is 13.8 Å². The van der Waals surface area contributed by atoms with Gasteiger partial charge in [0.15, 0.2) is 0 Å². The summed E-state index contributed by atoms with van der Waals surface area (Å²) in [5, 5.41) is 2.79. The minimum atomic E-state index is -0.326. The van der Waals surface area contributed by atoms with Gasteiger partial charge in [0.25, 0.3) is 0 Å². The highest BCUT2D eigenvalue weighted by Crippen LogP contribution is 2.28. The summed E-state index contributed by atoms with van der Waals surface area (Å²) >= 11 is 0. The number of hydrogen-bond donors (Lipinski definition) is 2. The molecule has 82 valence electrons. The predicted octanol–water partition coefficient (Wildman–Crippen LogP) is 1.34. The van der Waals surface area contributed by atoms with Gasteiger partial charge in [-0.25, -0.2) is 0 Å². The van der Waals surface area contributed by atoms with Gasteiger partial charge in [0.2, 0.25) is 5.91 Å². The van der Waals surface area contributed by atoms with E-state index in [1.165, 1.54) is 5.57 Å². The highest BCUT2D eigenvalue weighted by molar-refractivity contribution is 5.84. The molecule has 1 saturated heterocycles. The summed E-state index contributed by atoms with van der Waals surface area (Å²) in [7, 11) is 0. The molecule has 1 aliphatic rings. The van der Waals surface area contributed by atoms with Crippen molar-refractivity contribution in [3.05, 3.63) is 36.1 Å². The Labute approximate surface area is 90.7 Å². The lowest BCUT2D eigenvalue weighted by atomic mass is 9.86. The Balaban J connectivity index is 2.87. The third kappa shape index (κ3) is 2.49. The highest BCUT2D eigenvalue weighted by atomic mass is 16.2. The van der Waals surface area contributed by atoms with Crippen molar-refractivity contribution in [2.24, 2.45) is 17.6 Å². The number of nitrogens with two attached hydrogens (primary N) is 1. The first-order valence-corrected chi connectivity index (χ1v) is 4.99. The lowest BCUT2D eigenvalue weighted by Gasteiger charge is -2.17. The predicted molar refractivity (Wildman–Crippen MR) is 61.9 cm³/mol.